The molecule has 1 fully saturated rings. The Bertz CT molecular complexity index is 125. The molecule has 0 amide bonds. The molecule has 1 rings (SSSR count). The maximum Gasteiger partial charge on any atom is 0.153 e. The van der Waals surface area contributed by atoms with Gasteiger partial charge in [-0.2, -0.15) is 0 Å². The maximum absolute atomic E-state index is 10.6. The van der Waals surface area contributed by atoms with Gasteiger partial charge in [0.15, 0.2) is 11.6 Å². The zero-order chi connectivity index (χ0) is 6.15. The molecule has 0 bridgehead atoms. The van der Waals surface area contributed by atoms with E-state index in [1.807, 2.05) is 22.6 Å². The first-order valence-corrected chi connectivity index (χ1v) is 3.66. The molecule has 0 aliphatic heterocycles. The number of halogens is 1. The highest BCUT2D eigenvalue weighted by atomic mass is 127. The van der Waals surface area contributed by atoms with Gasteiger partial charge < -0.3 is 0 Å². The van der Waals surface area contributed by atoms with Gasteiger partial charge in [0.05, 0.1) is 0 Å². The van der Waals surface area contributed by atoms with Gasteiger partial charge in [-0.3, -0.25) is 9.59 Å². The van der Waals surface area contributed by atoms with Gasteiger partial charge in [-0.05, 0) is 0 Å². The molecule has 44 valence electrons. The SMILES string of the molecule is O=C1CCC(=O)C1I. The number of ketones is 2. The second kappa shape index (κ2) is 2.13. The third-order valence-corrected chi connectivity index (χ3v) is 2.57. The van der Waals surface area contributed by atoms with E-state index in [1.165, 1.54) is 0 Å². The van der Waals surface area contributed by atoms with Crippen LogP contribution in [0, 0.1) is 0 Å². The second-order valence-electron chi connectivity index (χ2n) is 1.80. The summed E-state index contributed by atoms with van der Waals surface area (Å²) in [7, 11) is 0. The van der Waals surface area contributed by atoms with Crippen molar-refractivity contribution in [1.82, 2.24) is 0 Å². The van der Waals surface area contributed by atoms with Gasteiger partial charge in [-0.15, -0.1) is 0 Å². The van der Waals surface area contributed by atoms with Crippen LogP contribution in [0.1, 0.15) is 12.8 Å². The lowest BCUT2D eigenvalue weighted by atomic mass is 10.3. The normalized spacial score (nSPS) is 22.6. The summed E-state index contributed by atoms with van der Waals surface area (Å²) in [5.41, 5.74) is 0. The zero-order valence-electron chi connectivity index (χ0n) is 4.19. The summed E-state index contributed by atoms with van der Waals surface area (Å²) in [5, 5.41) is 0. The minimum absolute atomic E-state index is 0.0931. The van der Waals surface area contributed by atoms with E-state index in [0.717, 1.165) is 0 Å². The quantitative estimate of drug-likeness (QED) is 0.345. The summed E-state index contributed by atoms with van der Waals surface area (Å²) in [6.45, 7) is 0. The van der Waals surface area contributed by atoms with Gasteiger partial charge in [0, 0.05) is 12.8 Å². The zero-order valence-corrected chi connectivity index (χ0v) is 6.34. The summed E-state index contributed by atoms with van der Waals surface area (Å²) < 4.78 is -0.326. The highest BCUT2D eigenvalue weighted by Gasteiger charge is 2.29. The van der Waals surface area contributed by atoms with E-state index in [4.69, 9.17) is 0 Å². The van der Waals surface area contributed by atoms with Crippen molar-refractivity contribution in [1.29, 1.82) is 0 Å². The molecule has 0 unspecified atom stereocenters. The largest absolute Gasteiger partial charge is 0.298 e. The van der Waals surface area contributed by atoms with Crippen molar-refractivity contribution in [2.45, 2.75) is 16.8 Å². The molecule has 1 aliphatic carbocycles. The summed E-state index contributed by atoms with van der Waals surface area (Å²) in [4.78, 5) is 21.1. The molecule has 0 aromatic heterocycles. The molecule has 0 aromatic rings. The number of alkyl halides is 1. The molecule has 0 heterocycles. The molecule has 0 aromatic carbocycles. The van der Waals surface area contributed by atoms with Gasteiger partial charge in [0.2, 0.25) is 0 Å². The predicted molar refractivity (Wildman–Crippen MR) is 37.1 cm³/mol. The minimum Gasteiger partial charge on any atom is -0.298 e. The van der Waals surface area contributed by atoms with Gasteiger partial charge in [-0.1, -0.05) is 22.6 Å². The van der Waals surface area contributed by atoms with Crippen LogP contribution in [0.2, 0.25) is 0 Å². The molecular weight excluding hydrogens is 219 g/mol. The molecule has 2 nitrogen and oxygen atoms in total. The van der Waals surface area contributed by atoms with E-state index in [2.05, 4.69) is 0 Å². The molecule has 0 spiro atoms. The molecular formula is C5H5IO2. The lowest BCUT2D eigenvalue weighted by molar-refractivity contribution is -0.120. The number of hydrogen-bond donors (Lipinski definition) is 0. The summed E-state index contributed by atoms with van der Waals surface area (Å²) in [6, 6.07) is 0. The molecule has 1 saturated carbocycles. The van der Waals surface area contributed by atoms with Gasteiger partial charge in [0.25, 0.3) is 0 Å². The standard InChI is InChI=1S/C5H5IO2/c6-5-3(7)1-2-4(5)8/h5H,1-2H2. The van der Waals surface area contributed by atoms with Crippen LogP contribution >= 0.6 is 22.6 Å². The Hall–Kier alpha value is 0.0700. The van der Waals surface area contributed by atoms with Crippen molar-refractivity contribution in [2.75, 3.05) is 0 Å². The minimum atomic E-state index is -0.326. The van der Waals surface area contributed by atoms with Crippen LogP contribution in [0.4, 0.5) is 0 Å². The molecule has 0 N–H and O–H groups in total. The van der Waals surface area contributed by atoms with Gasteiger partial charge >= 0.3 is 0 Å². The van der Waals surface area contributed by atoms with Crippen molar-refractivity contribution >= 4 is 34.2 Å². The second-order valence-corrected chi connectivity index (χ2v) is 3.04. The van der Waals surface area contributed by atoms with Crippen LogP contribution in [0.5, 0.6) is 0 Å². The number of carbonyl (C=O) groups excluding carboxylic acids is 2. The predicted octanol–water partition coefficient (Wildman–Crippen LogP) is 0.722. The summed E-state index contributed by atoms with van der Waals surface area (Å²) in [5.74, 6) is 0.186. The first-order chi connectivity index (χ1) is 3.72. The Morgan fingerprint density at radius 1 is 1.25 bits per heavy atom. The summed E-state index contributed by atoms with van der Waals surface area (Å²) in [6.07, 6.45) is 0.929. The van der Waals surface area contributed by atoms with E-state index in [0.29, 0.717) is 12.8 Å². The fraction of sp³-hybridized carbons (Fsp3) is 0.600. The lowest BCUT2D eigenvalue weighted by Gasteiger charge is -1.88. The smallest absolute Gasteiger partial charge is 0.153 e. The molecule has 8 heavy (non-hydrogen) atoms. The van der Waals surface area contributed by atoms with E-state index in [1.54, 1.807) is 0 Å². The van der Waals surface area contributed by atoms with E-state index >= 15 is 0 Å². The van der Waals surface area contributed by atoms with Crippen molar-refractivity contribution < 1.29 is 9.59 Å². The van der Waals surface area contributed by atoms with Crippen LogP contribution in [-0.4, -0.2) is 15.5 Å². The molecule has 0 saturated heterocycles. The number of hydrogen-bond acceptors (Lipinski definition) is 2. The van der Waals surface area contributed by atoms with E-state index in [-0.39, 0.29) is 15.5 Å². The highest BCUT2D eigenvalue weighted by Crippen LogP contribution is 2.17. The van der Waals surface area contributed by atoms with Crippen LogP contribution in [0.3, 0.4) is 0 Å². The van der Waals surface area contributed by atoms with E-state index < -0.39 is 0 Å². The average molecular weight is 224 g/mol. The topological polar surface area (TPSA) is 34.1 Å². The molecule has 0 atom stereocenters. The Labute approximate surface area is 60.8 Å². The van der Waals surface area contributed by atoms with E-state index in [9.17, 15) is 9.59 Å². The Morgan fingerprint density at radius 3 is 1.75 bits per heavy atom. The Balaban J connectivity index is 2.70. The highest BCUT2D eigenvalue weighted by molar-refractivity contribution is 14.1. The van der Waals surface area contributed by atoms with Crippen LogP contribution < -0.4 is 0 Å². The third-order valence-electron chi connectivity index (χ3n) is 1.18. The fourth-order valence-corrected chi connectivity index (χ4v) is 1.30. The number of rotatable bonds is 0. The first-order valence-electron chi connectivity index (χ1n) is 2.41. The lowest BCUT2D eigenvalue weighted by Crippen LogP contribution is -2.11. The fourth-order valence-electron chi connectivity index (χ4n) is 0.679. The van der Waals surface area contributed by atoms with Crippen LogP contribution in [0.25, 0.3) is 0 Å². The maximum atomic E-state index is 10.6. The van der Waals surface area contributed by atoms with Gasteiger partial charge in [0.1, 0.15) is 3.92 Å². The number of Topliss-reactive ketones (excluding diaryl/α,β-unsaturated/α-hetero) is 2. The first kappa shape index (κ1) is 6.19. The summed E-state index contributed by atoms with van der Waals surface area (Å²) >= 11 is 1.88. The third kappa shape index (κ3) is 0.913. The Kier molecular flexibility index (Phi) is 1.65. The van der Waals surface area contributed by atoms with Crippen molar-refractivity contribution in [3.05, 3.63) is 0 Å². The van der Waals surface area contributed by atoms with Gasteiger partial charge in [-0.25, -0.2) is 0 Å². The molecule has 3 heteroatoms. The van der Waals surface area contributed by atoms with Crippen molar-refractivity contribution in [3.63, 3.8) is 0 Å². The van der Waals surface area contributed by atoms with Crippen molar-refractivity contribution in [3.8, 4) is 0 Å². The molecule has 0 radical (unpaired) electrons. The Morgan fingerprint density at radius 2 is 1.62 bits per heavy atom. The molecule has 1 aliphatic rings. The van der Waals surface area contributed by atoms with Crippen LogP contribution in [-0.2, 0) is 9.59 Å². The van der Waals surface area contributed by atoms with Crippen LogP contribution in [0.15, 0.2) is 0 Å². The van der Waals surface area contributed by atoms with Crippen molar-refractivity contribution in [2.24, 2.45) is 0 Å². The number of carbonyl (C=O) groups is 2. The monoisotopic (exact) mass is 224 g/mol. The average Bonchev–Trinajstić information content (AvgIpc) is 1.98.